The molecule has 0 saturated carbocycles. The number of phenols is 2. The predicted molar refractivity (Wildman–Crippen MR) is 64.8 cm³/mol. The van der Waals surface area contributed by atoms with Crippen LogP contribution in [-0.4, -0.2) is 26.1 Å². The number of anilines is 1. The maximum atomic E-state index is 11.8. The number of carbonyl (C=O) groups is 1. The third-order valence-corrected chi connectivity index (χ3v) is 2.25. The molecule has 0 bridgehead atoms. The molecule has 0 fully saturated rings. The van der Waals surface area contributed by atoms with Crippen molar-refractivity contribution in [3.8, 4) is 11.5 Å². The Bertz CT molecular complexity index is 584. The highest BCUT2D eigenvalue weighted by Gasteiger charge is 2.09. The zero-order valence-electron chi connectivity index (χ0n) is 8.96. The van der Waals surface area contributed by atoms with Crippen LogP contribution in [0.5, 0.6) is 11.5 Å². The van der Waals surface area contributed by atoms with E-state index in [-0.39, 0.29) is 28.0 Å². The summed E-state index contributed by atoms with van der Waals surface area (Å²) in [4.78, 5) is 19.3. The monoisotopic (exact) mass is 265 g/mol. The van der Waals surface area contributed by atoms with Crippen molar-refractivity contribution in [2.75, 3.05) is 5.32 Å². The van der Waals surface area contributed by atoms with Crippen molar-refractivity contribution in [1.82, 2.24) is 9.97 Å². The van der Waals surface area contributed by atoms with E-state index in [1.165, 1.54) is 24.5 Å². The highest BCUT2D eigenvalue weighted by molar-refractivity contribution is 6.29. The van der Waals surface area contributed by atoms with Crippen LogP contribution in [0.15, 0.2) is 30.6 Å². The molecule has 1 amide bonds. The Balaban J connectivity index is 2.22. The number of halogens is 1. The molecule has 0 aliphatic rings. The van der Waals surface area contributed by atoms with Crippen molar-refractivity contribution < 1.29 is 15.0 Å². The fraction of sp³-hybridized carbons (Fsp3) is 0. The van der Waals surface area contributed by atoms with Gasteiger partial charge in [-0.05, 0) is 12.1 Å². The molecule has 0 radical (unpaired) electrons. The first-order valence-electron chi connectivity index (χ1n) is 4.86. The minimum absolute atomic E-state index is 0.0993. The number of amides is 1. The van der Waals surface area contributed by atoms with Crippen LogP contribution in [-0.2, 0) is 0 Å². The standard InChI is InChI=1S/C11H8ClN3O3/c12-9-4-10(14-5-13-9)15-11(18)6-1-7(16)3-8(17)2-6/h1-5,16-17H,(H,13,14,15,18). The minimum atomic E-state index is -0.532. The summed E-state index contributed by atoms with van der Waals surface area (Å²) in [5.41, 5.74) is 0.0993. The smallest absolute Gasteiger partial charge is 0.257 e. The van der Waals surface area contributed by atoms with Crippen molar-refractivity contribution in [1.29, 1.82) is 0 Å². The average Bonchev–Trinajstić information content (AvgIpc) is 2.27. The minimum Gasteiger partial charge on any atom is -0.508 e. The van der Waals surface area contributed by atoms with E-state index in [4.69, 9.17) is 11.6 Å². The highest BCUT2D eigenvalue weighted by Crippen LogP contribution is 2.21. The first-order valence-corrected chi connectivity index (χ1v) is 5.24. The lowest BCUT2D eigenvalue weighted by Gasteiger charge is -2.05. The lowest BCUT2D eigenvalue weighted by Crippen LogP contribution is -2.12. The number of nitrogens with zero attached hydrogens (tertiary/aromatic N) is 2. The number of carbonyl (C=O) groups excluding carboxylic acids is 1. The second-order valence-electron chi connectivity index (χ2n) is 3.42. The van der Waals surface area contributed by atoms with E-state index in [2.05, 4.69) is 15.3 Å². The van der Waals surface area contributed by atoms with Gasteiger partial charge >= 0.3 is 0 Å². The summed E-state index contributed by atoms with van der Waals surface area (Å²) in [6.07, 6.45) is 1.21. The van der Waals surface area contributed by atoms with Gasteiger partial charge in [-0.1, -0.05) is 11.6 Å². The van der Waals surface area contributed by atoms with Gasteiger partial charge in [0.25, 0.3) is 5.91 Å². The Morgan fingerprint density at radius 1 is 1.11 bits per heavy atom. The van der Waals surface area contributed by atoms with E-state index in [1.54, 1.807) is 0 Å². The summed E-state index contributed by atoms with van der Waals surface area (Å²) in [6, 6.07) is 4.94. The van der Waals surface area contributed by atoms with Crippen molar-refractivity contribution >= 4 is 23.3 Å². The third kappa shape index (κ3) is 2.86. The van der Waals surface area contributed by atoms with E-state index < -0.39 is 5.91 Å². The molecule has 92 valence electrons. The van der Waals surface area contributed by atoms with Crippen LogP contribution in [0.2, 0.25) is 5.15 Å². The molecule has 18 heavy (non-hydrogen) atoms. The summed E-state index contributed by atoms with van der Waals surface area (Å²) in [5.74, 6) is -0.722. The second kappa shape index (κ2) is 4.89. The van der Waals surface area contributed by atoms with Crippen LogP contribution in [0.3, 0.4) is 0 Å². The molecule has 0 aliphatic heterocycles. The average molecular weight is 266 g/mol. The molecule has 0 aliphatic carbocycles. The fourth-order valence-corrected chi connectivity index (χ4v) is 1.46. The third-order valence-electron chi connectivity index (χ3n) is 2.04. The van der Waals surface area contributed by atoms with Gasteiger partial charge in [0.1, 0.15) is 28.8 Å². The van der Waals surface area contributed by atoms with Crippen LogP contribution in [0, 0.1) is 0 Å². The predicted octanol–water partition coefficient (Wildman–Crippen LogP) is 1.79. The summed E-state index contributed by atoms with van der Waals surface area (Å²) < 4.78 is 0. The van der Waals surface area contributed by atoms with Gasteiger partial charge in [0.2, 0.25) is 0 Å². The number of aromatic nitrogens is 2. The molecule has 1 aromatic carbocycles. The van der Waals surface area contributed by atoms with Crippen LogP contribution in [0.4, 0.5) is 5.82 Å². The van der Waals surface area contributed by atoms with Crippen LogP contribution >= 0.6 is 11.6 Å². The number of hydrogen-bond acceptors (Lipinski definition) is 5. The Morgan fingerprint density at radius 2 is 1.78 bits per heavy atom. The Kier molecular flexibility index (Phi) is 3.29. The molecule has 0 spiro atoms. The molecule has 0 saturated heterocycles. The van der Waals surface area contributed by atoms with Crippen LogP contribution in [0.25, 0.3) is 0 Å². The topological polar surface area (TPSA) is 95.3 Å². The summed E-state index contributed by atoms with van der Waals surface area (Å²) >= 11 is 5.64. The molecule has 7 heteroatoms. The first kappa shape index (κ1) is 12.1. The molecule has 0 atom stereocenters. The van der Waals surface area contributed by atoms with E-state index >= 15 is 0 Å². The van der Waals surface area contributed by atoms with Crippen molar-refractivity contribution in [2.24, 2.45) is 0 Å². The van der Waals surface area contributed by atoms with Gasteiger partial charge < -0.3 is 15.5 Å². The van der Waals surface area contributed by atoms with Gasteiger partial charge in [-0.3, -0.25) is 4.79 Å². The second-order valence-corrected chi connectivity index (χ2v) is 3.81. The molecule has 0 unspecified atom stereocenters. The van der Waals surface area contributed by atoms with Gasteiger partial charge in [-0.15, -0.1) is 0 Å². The number of nitrogens with one attached hydrogen (secondary N) is 1. The molecular formula is C11H8ClN3O3. The van der Waals surface area contributed by atoms with Gasteiger partial charge in [0.15, 0.2) is 0 Å². The van der Waals surface area contributed by atoms with Gasteiger partial charge in [0.05, 0.1) is 0 Å². The fourth-order valence-electron chi connectivity index (χ4n) is 1.32. The molecule has 2 rings (SSSR count). The van der Waals surface area contributed by atoms with E-state index in [0.29, 0.717) is 0 Å². The molecule has 2 aromatic rings. The molecule has 3 N–H and O–H groups in total. The van der Waals surface area contributed by atoms with Crippen LogP contribution < -0.4 is 5.32 Å². The maximum absolute atomic E-state index is 11.8. The highest BCUT2D eigenvalue weighted by atomic mass is 35.5. The number of hydrogen-bond donors (Lipinski definition) is 3. The molecule has 6 nitrogen and oxygen atoms in total. The van der Waals surface area contributed by atoms with E-state index in [1.807, 2.05) is 0 Å². The normalized spacial score (nSPS) is 10.1. The zero-order valence-corrected chi connectivity index (χ0v) is 9.72. The summed E-state index contributed by atoms with van der Waals surface area (Å²) in [7, 11) is 0. The quantitative estimate of drug-likeness (QED) is 0.720. The molecule has 1 aromatic heterocycles. The van der Waals surface area contributed by atoms with Crippen LogP contribution in [0.1, 0.15) is 10.4 Å². The van der Waals surface area contributed by atoms with Gasteiger partial charge in [-0.2, -0.15) is 0 Å². The summed E-state index contributed by atoms with van der Waals surface area (Å²) in [5, 5.41) is 21.2. The van der Waals surface area contributed by atoms with E-state index in [0.717, 1.165) is 6.07 Å². The van der Waals surface area contributed by atoms with Crippen molar-refractivity contribution in [3.05, 3.63) is 41.3 Å². The van der Waals surface area contributed by atoms with Gasteiger partial charge in [0, 0.05) is 17.7 Å². The Hall–Kier alpha value is -2.34. The van der Waals surface area contributed by atoms with Crippen molar-refractivity contribution in [2.45, 2.75) is 0 Å². The number of rotatable bonds is 2. The van der Waals surface area contributed by atoms with Crippen molar-refractivity contribution in [3.63, 3.8) is 0 Å². The lowest BCUT2D eigenvalue weighted by atomic mass is 10.2. The SMILES string of the molecule is O=C(Nc1cc(Cl)ncn1)c1cc(O)cc(O)c1. The first-order chi connectivity index (χ1) is 8.54. The number of phenolic OH excluding ortho intramolecular Hbond substituents is 2. The molecule has 1 heterocycles. The molecular weight excluding hydrogens is 258 g/mol. The largest absolute Gasteiger partial charge is 0.508 e. The number of aromatic hydroxyl groups is 2. The van der Waals surface area contributed by atoms with E-state index in [9.17, 15) is 15.0 Å². The Labute approximate surface area is 107 Å². The lowest BCUT2D eigenvalue weighted by molar-refractivity contribution is 0.102. The maximum Gasteiger partial charge on any atom is 0.257 e. The zero-order chi connectivity index (χ0) is 13.1. The summed E-state index contributed by atoms with van der Waals surface area (Å²) in [6.45, 7) is 0. The van der Waals surface area contributed by atoms with Gasteiger partial charge in [-0.25, -0.2) is 9.97 Å². The number of benzene rings is 1. The Morgan fingerprint density at radius 3 is 2.39 bits per heavy atom.